The van der Waals surface area contributed by atoms with Gasteiger partial charge in [0, 0.05) is 0 Å². The zero-order chi connectivity index (χ0) is 13.8. The van der Waals surface area contributed by atoms with Crippen molar-refractivity contribution in [3.05, 3.63) is 35.4 Å². The van der Waals surface area contributed by atoms with Crippen LogP contribution in [0.3, 0.4) is 0 Å². The highest BCUT2D eigenvalue weighted by Crippen LogP contribution is 2.36. The van der Waals surface area contributed by atoms with Crippen molar-refractivity contribution in [2.24, 2.45) is 0 Å². The Kier molecular flexibility index (Phi) is 4.36. The van der Waals surface area contributed by atoms with Crippen molar-refractivity contribution >= 4 is 12.0 Å². The van der Waals surface area contributed by atoms with Gasteiger partial charge < -0.3 is 9.84 Å². The number of carboxylic acid groups (broad SMARTS) is 1. The Bertz CT molecular complexity index is 464. The molecule has 0 unspecified atom stereocenters. The summed E-state index contributed by atoms with van der Waals surface area (Å²) < 4.78 is 42.6. The Morgan fingerprint density at radius 1 is 1.44 bits per heavy atom. The molecule has 18 heavy (non-hydrogen) atoms. The molecule has 1 rings (SSSR count). The molecule has 0 aliphatic rings. The molecule has 0 radical (unpaired) electrons. The maximum Gasteiger partial charge on any atom is 0.419 e. The molecule has 3 nitrogen and oxygen atoms in total. The first-order chi connectivity index (χ1) is 8.34. The lowest BCUT2D eigenvalue weighted by Crippen LogP contribution is -2.07. The average Bonchev–Trinajstić information content (AvgIpc) is 2.27. The molecule has 0 aliphatic heterocycles. The fourth-order valence-corrected chi connectivity index (χ4v) is 1.35. The minimum atomic E-state index is -4.51. The standard InChI is InChI=1S/C12H11F3O3/c1-18-10-6-5-8(3-2-4-11(16)17)7-9(10)12(13,14)15/h2-3,5-7H,4H2,1H3,(H,16,17). The van der Waals surface area contributed by atoms with E-state index in [2.05, 4.69) is 4.74 Å². The highest BCUT2D eigenvalue weighted by atomic mass is 19.4. The third-order valence-electron chi connectivity index (χ3n) is 2.13. The number of alkyl halides is 3. The number of aliphatic carboxylic acids is 1. The number of carbonyl (C=O) groups is 1. The van der Waals surface area contributed by atoms with Gasteiger partial charge in [0.25, 0.3) is 0 Å². The molecule has 1 aromatic carbocycles. The van der Waals surface area contributed by atoms with Gasteiger partial charge in [-0.15, -0.1) is 0 Å². The second-order valence-electron chi connectivity index (χ2n) is 3.46. The number of carboxylic acids is 1. The van der Waals surface area contributed by atoms with Crippen LogP contribution in [0, 0.1) is 0 Å². The normalized spacial score (nSPS) is 11.8. The van der Waals surface area contributed by atoms with Gasteiger partial charge in [-0.05, 0) is 17.7 Å². The second kappa shape index (κ2) is 5.57. The van der Waals surface area contributed by atoms with Crippen molar-refractivity contribution < 1.29 is 27.8 Å². The van der Waals surface area contributed by atoms with Gasteiger partial charge in [0.15, 0.2) is 0 Å². The van der Waals surface area contributed by atoms with Gasteiger partial charge >= 0.3 is 12.1 Å². The average molecular weight is 260 g/mol. The summed E-state index contributed by atoms with van der Waals surface area (Å²) in [6, 6.07) is 3.53. The van der Waals surface area contributed by atoms with E-state index in [1.54, 1.807) is 0 Å². The summed E-state index contributed by atoms with van der Waals surface area (Å²) in [5, 5.41) is 8.41. The Balaban J connectivity index is 3.03. The molecule has 6 heteroatoms. The second-order valence-corrected chi connectivity index (χ2v) is 3.46. The smallest absolute Gasteiger partial charge is 0.419 e. The number of rotatable bonds is 4. The van der Waals surface area contributed by atoms with Crippen LogP contribution in [0.5, 0.6) is 5.75 Å². The first kappa shape index (κ1) is 14.1. The van der Waals surface area contributed by atoms with E-state index >= 15 is 0 Å². The fourth-order valence-electron chi connectivity index (χ4n) is 1.35. The molecule has 1 aromatic rings. The fraction of sp³-hybridized carbons (Fsp3) is 0.250. The van der Waals surface area contributed by atoms with Crippen molar-refractivity contribution in [2.75, 3.05) is 7.11 Å². The van der Waals surface area contributed by atoms with Crippen LogP contribution in [-0.4, -0.2) is 18.2 Å². The Morgan fingerprint density at radius 2 is 2.11 bits per heavy atom. The quantitative estimate of drug-likeness (QED) is 0.904. The van der Waals surface area contributed by atoms with Crippen LogP contribution in [0.4, 0.5) is 13.2 Å². The number of hydrogen-bond acceptors (Lipinski definition) is 2. The topological polar surface area (TPSA) is 46.5 Å². The molecule has 0 fully saturated rings. The van der Waals surface area contributed by atoms with Gasteiger partial charge in [-0.25, -0.2) is 0 Å². The maximum absolute atomic E-state index is 12.7. The van der Waals surface area contributed by atoms with Crippen molar-refractivity contribution in [1.29, 1.82) is 0 Å². The molecule has 0 saturated heterocycles. The minimum absolute atomic E-state index is 0.243. The van der Waals surface area contributed by atoms with Crippen LogP contribution in [-0.2, 0) is 11.0 Å². The first-order valence-electron chi connectivity index (χ1n) is 4.98. The summed E-state index contributed by atoms with van der Waals surface area (Å²) in [5.41, 5.74) is -0.619. The van der Waals surface area contributed by atoms with Gasteiger partial charge in [0.1, 0.15) is 5.75 Å². The molecular formula is C12H11F3O3. The lowest BCUT2D eigenvalue weighted by molar-refractivity contribution is -0.139. The lowest BCUT2D eigenvalue weighted by atomic mass is 10.1. The highest BCUT2D eigenvalue weighted by Gasteiger charge is 2.34. The molecule has 1 N–H and O–H groups in total. The highest BCUT2D eigenvalue weighted by molar-refractivity contribution is 5.70. The van der Waals surface area contributed by atoms with E-state index in [9.17, 15) is 18.0 Å². The number of methoxy groups -OCH3 is 1. The van der Waals surface area contributed by atoms with Crippen LogP contribution in [0.1, 0.15) is 17.5 Å². The predicted octanol–water partition coefficient (Wildman–Crippen LogP) is 3.20. The molecule has 98 valence electrons. The van der Waals surface area contributed by atoms with E-state index in [4.69, 9.17) is 5.11 Å². The van der Waals surface area contributed by atoms with E-state index in [1.165, 1.54) is 24.3 Å². The summed E-state index contributed by atoms with van der Waals surface area (Å²) in [4.78, 5) is 10.3. The molecule has 0 aromatic heterocycles. The van der Waals surface area contributed by atoms with E-state index in [0.29, 0.717) is 0 Å². The minimum Gasteiger partial charge on any atom is -0.496 e. The molecular weight excluding hydrogens is 249 g/mol. The number of halogens is 3. The largest absolute Gasteiger partial charge is 0.496 e. The van der Waals surface area contributed by atoms with Crippen LogP contribution in [0.25, 0.3) is 6.08 Å². The molecule has 0 saturated carbocycles. The third-order valence-corrected chi connectivity index (χ3v) is 2.13. The van der Waals surface area contributed by atoms with Crippen LogP contribution >= 0.6 is 0 Å². The molecule has 0 aliphatic carbocycles. The zero-order valence-electron chi connectivity index (χ0n) is 9.49. The van der Waals surface area contributed by atoms with Crippen molar-refractivity contribution in [2.45, 2.75) is 12.6 Å². The van der Waals surface area contributed by atoms with Crippen molar-refractivity contribution in [1.82, 2.24) is 0 Å². The van der Waals surface area contributed by atoms with E-state index in [1.807, 2.05) is 0 Å². The van der Waals surface area contributed by atoms with Crippen LogP contribution in [0.2, 0.25) is 0 Å². The molecule has 0 bridgehead atoms. The predicted molar refractivity (Wildman–Crippen MR) is 59.3 cm³/mol. The third kappa shape index (κ3) is 3.80. The zero-order valence-corrected chi connectivity index (χ0v) is 9.49. The maximum atomic E-state index is 12.7. The van der Waals surface area contributed by atoms with E-state index < -0.39 is 17.7 Å². The van der Waals surface area contributed by atoms with Gasteiger partial charge in [-0.2, -0.15) is 13.2 Å². The first-order valence-corrected chi connectivity index (χ1v) is 4.98. The molecule has 0 atom stereocenters. The molecule has 0 amide bonds. The molecule has 0 spiro atoms. The lowest BCUT2D eigenvalue weighted by Gasteiger charge is -2.12. The summed E-state index contributed by atoms with van der Waals surface area (Å²) in [6.45, 7) is 0. The summed E-state index contributed by atoms with van der Waals surface area (Å²) in [5.74, 6) is -1.31. The van der Waals surface area contributed by atoms with Gasteiger partial charge in [0.05, 0.1) is 19.1 Å². The van der Waals surface area contributed by atoms with E-state index in [-0.39, 0.29) is 17.7 Å². The summed E-state index contributed by atoms with van der Waals surface area (Å²) >= 11 is 0. The van der Waals surface area contributed by atoms with Crippen molar-refractivity contribution in [3.63, 3.8) is 0 Å². The number of ether oxygens (including phenoxy) is 1. The molecule has 0 heterocycles. The van der Waals surface area contributed by atoms with Crippen LogP contribution < -0.4 is 4.74 Å². The van der Waals surface area contributed by atoms with Gasteiger partial charge in [-0.1, -0.05) is 18.2 Å². The van der Waals surface area contributed by atoms with Crippen LogP contribution in [0.15, 0.2) is 24.3 Å². The van der Waals surface area contributed by atoms with E-state index in [0.717, 1.165) is 13.2 Å². The Hall–Kier alpha value is -1.98. The summed E-state index contributed by atoms with van der Waals surface area (Å²) in [7, 11) is 1.16. The SMILES string of the molecule is COc1ccc(C=CCC(=O)O)cc1C(F)(F)F. The monoisotopic (exact) mass is 260 g/mol. The van der Waals surface area contributed by atoms with Gasteiger partial charge in [-0.3, -0.25) is 4.79 Å². The Morgan fingerprint density at radius 3 is 2.61 bits per heavy atom. The van der Waals surface area contributed by atoms with Gasteiger partial charge in [0.2, 0.25) is 0 Å². The number of hydrogen-bond donors (Lipinski definition) is 1. The Labute approximate surface area is 101 Å². The number of benzene rings is 1. The van der Waals surface area contributed by atoms with Crippen molar-refractivity contribution in [3.8, 4) is 5.75 Å². The summed E-state index contributed by atoms with van der Waals surface area (Å²) in [6.07, 6.45) is -2.15.